The van der Waals surface area contributed by atoms with Crippen LogP contribution in [0.1, 0.15) is 10.4 Å². The number of fused-ring (bicyclic) bond motifs is 1. The van der Waals surface area contributed by atoms with Crippen molar-refractivity contribution >= 4 is 55.4 Å². The summed E-state index contributed by atoms with van der Waals surface area (Å²) in [6.45, 7) is 0.850. The third-order valence-corrected chi connectivity index (χ3v) is 5.22. The highest BCUT2D eigenvalue weighted by Crippen LogP contribution is 2.26. The number of benzene rings is 1. The molecule has 0 saturated carbocycles. The standard InChI is InChI=1S/C14H11BrN2S2/c15-11-5-7-19-13(11)8-17-6-4-9-10(14(16)18)2-1-3-12(9)17/h1-7H,8H2,(H2,16,18). The predicted molar refractivity (Wildman–Crippen MR) is 88.9 cm³/mol. The molecule has 5 heteroatoms. The maximum atomic E-state index is 5.77. The first-order valence-electron chi connectivity index (χ1n) is 5.76. The SMILES string of the molecule is NC(=S)c1cccc2c1ccn2Cc1sccc1Br. The summed E-state index contributed by atoms with van der Waals surface area (Å²) in [5, 5.41) is 3.20. The van der Waals surface area contributed by atoms with Crippen LogP contribution in [0.15, 0.2) is 46.4 Å². The van der Waals surface area contributed by atoms with E-state index < -0.39 is 0 Å². The third-order valence-electron chi connectivity index (χ3n) is 3.08. The van der Waals surface area contributed by atoms with Crippen molar-refractivity contribution in [1.82, 2.24) is 4.57 Å². The average molecular weight is 351 g/mol. The Labute approximate surface area is 129 Å². The van der Waals surface area contributed by atoms with Crippen LogP contribution >= 0.6 is 39.5 Å². The van der Waals surface area contributed by atoms with E-state index in [0.29, 0.717) is 4.99 Å². The van der Waals surface area contributed by atoms with Crippen LogP contribution in [0, 0.1) is 0 Å². The highest BCUT2D eigenvalue weighted by atomic mass is 79.9. The number of hydrogen-bond donors (Lipinski definition) is 1. The summed E-state index contributed by atoms with van der Waals surface area (Å²) >= 11 is 10.4. The van der Waals surface area contributed by atoms with Gasteiger partial charge in [-0.25, -0.2) is 0 Å². The van der Waals surface area contributed by atoms with E-state index in [4.69, 9.17) is 18.0 Å². The first kappa shape index (κ1) is 12.8. The molecule has 2 heterocycles. The van der Waals surface area contributed by atoms with Crippen LogP contribution in [-0.2, 0) is 6.54 Å². The molecule has 2 aromatic heterocycles. The van der Waals surface area contributed by atoms with E-state index in [0.717, 1.165) is 27.5 Å². The molecule has 2 nitrogen and oxygen atoms in total. The fourth-order valence-corrected chi connectivity index (χ4v) is 3.82. The molecule has 96 valence electrons. The Bertz CT molecular complexity index is 758. The molecular weight excluding hydrogens is 340 g/mol. The molecule has 0 fully saturated rings. The number of rotatable bonds is 3. The summed E-state index contributed by atoms with van der Waals surface area (Å²) in [6, 6.07) is 10.2. The molecule has 0 radical (unpaired) electrons. The molecule has 2 N–H and O–H groups in total. The second-order valence-electron chi connectivity index (χ2n) is 4.24. The van der Waals surface area contributed by atoms with Crippen molar-refractivity contribution in [2.75, 3.05) is 0 Å². The molecule has 0 aliphatic rings. The van der Waals surface area contributed by atoms with Gasteiger partial charge in [0, 0.05) is 32.0 Å². The van der Waals surface area contributed by atoms with Crippen molar-refractivity contribution in [3.63, 3.8) is 0 Å². The van der Waals surface area contributed by atoms with Crippen molar-refractivity contribution in [3.05, 3.63) is 56.8 Å². The van der Waals surface area contributed by atoms with Crippen LogP contribution in [0.3, 0.4) is 0 Å². The fourth-order valence-electron chi connectivity index (χ4n) is 2.17. The first-order valence-corrected chi connectivity index (χ1v) is 7.84. The van der Waals surface area contributed by atoms with Gasteiger partial charge in [0.1, 0.15) is 4.99 Å². The lowest BCUT2D eigenvalue weighted by Crippen LogP contribution is -2.09. The topological polar surface area (TPSA) is 30.9 Å². The summed E-state index contributed by atoms with van der Waals surface area (Å²) in [4.78, 5) is 1.75. The minimum absolute atomic E-state index is 0.445. The van der Waals surface area contributed by atoms with Crippen LogP contribution in [0.5, 0.6) is 0 Å². The number of halogens is 1. The normalized spacial score (nSPS) is 11.0. The minimum atomic E-state index is 0.445. The molecular formula is C14H11BrN2S2. The van der Waals surface area contributed by atoms with Crippen molar-refractivity contribution in [2.24, 2.45) is 5.73 Å². The fraction of sp³-hybridized carbons (Fsp3) is 0.0714. The van der Waals surface area contributed by atoms with Crippen LogP contribution in [0.4, 0.5) is 0 Å². The molecule has 0 aliphatic heterocycles. The van der Waals surface area contributed by atoms with Gasteiger partial charge in [0.2, 0.25) is 0 Å². The molecule has 0 amide bonds. The van der Waals surface area contributed by atoms with Gasteiger partial charge < -0.3 is 10.3 Å². The van der Waals surface area contributed by atoms with Crippen LogP contribution < -0.4 is 5.73 Å². The Balaban J connectivity index is 2.09. The number of aromatic nitrogens is 1. The van der Waals surface area contributed by atoms with E-state index >= 15 is 0 Å². The van der Waals surface area contributed by atoms with Gasteiger partial charge in [0.05, 0.1) is 6.54 Å². The van der Waals surface area contributed by atoms with Gasteiger partial charge in [-0.05, 0) is 39.5 Å². The molecule has 3 aromatic rings. The number of thiocarbonyl (C=S) groups is 1. The number of nitrogens with two attached hydrogens (primary N) is 1. The largest absolute Gasteiger partial charge is 0.389 e. The monoisotopic (exact) mass is 350 g/mol. The molecule has 3 rings (SSSR count). The van der Waals surface area contributed by atoms with E-state index in [9.17, 15) is 0 Å². The summed E-state index contributed by atoms with van der Waals surface area (Å²) in [7, 11) is 0. The van der Waals surface area contributed by atoms with Crippen molar-refractivity contribution in [3.8, 4) is 0 Å². The lowest BCUT2D eigenvalue weighted by atomic mass is 10.1. The summed E-state index contributed by atoms with van der Waals surface area (Å²) in [5.74, 6) is 0. The zero-order chi connectivity index (χ0) is 13.4. The van der Waals surface area contributed by atoms with Gasteiger partial charge in [-0.1, -0.05) is 24.4 Å². The second-order valence-corrected chi connectivity index (χ2v) is 6.53. The first-order chi connectivity index (χ1) is 9.16. The Morgan fingerprint density at radius 1 is 1.32 bits per heavy atom. The molecule has 0 aliphatic carbocycles. The minimum Gasteiger partial charge on any atom is -0.389 e. The van der Waals surface area contributed by atoms with E-state index in [1.165, 1.54) is 4.88 Å². The molecule has 0 bridgehead atoms. The van der Waals surface area contributed by atoms with Gasteiger partial charge in [0.25, 0.3) is 0 Å². The summed E-state index contributed by atoms with van der Waals surface area (Å²) in [5.41, 5.74) is 7.87. The number of nitrogens with zero attached hydrogens (tertiary/aromatic N) is 1. The van der Waals surface area contributed by atoms with Crippen molar-refractivity contribution in [1.29, 1.82) is 0 Å². The Hall–Kier alpha value is -1.17. The second kappa shape index (κ2) is 5.07. The van der Waals surface area contributed by atoms with E-state index in [1.54, 1.807) is 11.3 Å². The van der Waals surface area contributed by atoms with E-state index in [1.807, 2.05) is 12.1 Å². The van der Waals surface area contributed by atoms with Crippen molar-refractivity contribution < 1.29 is 0 Å². The lowest BCUT2D eigenvalue weighted by Gasteiger charge is -2.06. The Morgan fingerprint density at radius 2 is 2.16 bits per heavy atom. The van der Waals surface area contributed by atoms with Gasteiger partial charge >= 0.3 is 0 Å². The van der Waals surface area contributed by atoms with Crippen LogP contribution in [-0.4, -0.2) is 9.56 Å². The number of thiophene rings is 1. The Kier molecular flexibility index (Phi) is 3.43. The molecule has 0 atom stereocenters. The van der Waals surface area contributed by atoms with Crippen molar-refractivity contribution in [2.45, 2.75) is 6.54 Å². The molecule has 19 heavy (non-hydrogen) atoms. The van der Waals surface area contributed by atoms with Gasteiger partial charge in [0.15, 0.2) is 0 Å². The maximum absolute atomic E-state index is 5.77. The van der Waals surface area contributed by atoms with Gasteiger partial charge in [-0.2, -0.15) is 0 Å². The molecule has 0 unspecified atom stereocenters. The molecule has 0 spiro atoms. The quantitative estimate of drug-likeness (QED) is 0.719. The predicted octanol–water partition coefficient (Wildman–Crippen LogP) is 4.15. The highest BCUT2D eigenvalue weighted by molar-refractivity contribution is 9.10. The molecule has 0 saturated heterocycles. The third kappa shape index (κ3) is 2.33. The lowest BCUT2D eigenvalue weighted by molar-refractivity contribution is 0.848. The van der Waals surface area contributed by atoms with Crippen LogP contribution in [0.2, 0.25) is 0 Å². The number of hydrogen-bond acceptors (Lipinski definition) is 2. The van der Waals surface area contributed by atoms with E-state index in [-0.39, 0.29) is 0 Å². The Morgan fingerprint density at radius 3 is 2.84 bits per heavy atom. The summed E-state index contributed by atoms with van der Waals surface area (Å²) < 4.78 is 3.37. The van der Waals surface area contributed by atoms with E-state index in [2.05, 4.69) is 50.3 Å². The zero-order valence-electron chi connectivity index (χ0n) is 9.97. The molecule has 1 aromatic carbocycles. The maximum Gasteiger partial charge on any atom is 0.104 e. The van der Waals surface area contributed by atoms with Crippen LogP contribution in [0.25, 0.3) is 10.9 Å². The highest BCUT2D eigenvalue weighted by Gasteiger charge is 2.09. The average Bonchev–Trinajstić information content (AvgIpc) is 2.97. The van der Waals surface area contributed by atoms with Gasteiger partial charge in [-0.15, -0.1) is 11.3 Å². The smallest absolute Gasteiger partial charge is 0.104 e. The summed E-state index contributed by atoms with van der Waals surface area (Å²) in [6.07, 6.45) is 2.08. The van der Waals surface area contributed by atoms with Gasteiger partial charge in [-0.3, -0.25) is 0 Å². The zero-order valence-corrected chi connectivity index (χ0v) is 13.2.